The molecule has 0 aromatic heterocycles. The highest BCUT2D eigenvalue weighted by Crippen LogP contribution is 2.38. The summed E-state index contributed by atoms with van der Waals surface area (Å²) in [7, 11) is -1.85. The maximum absolute atomic E-state index is 11.8. The van der Waals surface area contributed by atoms with Gasteiger partial charge in [0.1, 0.15) is 11.0 Å². The molecule has 0 aliphatic rings. The van der Waals surface area contributed by atoms with E-state index >= 15 is 0 Å². The van der Waals surface area contributed by atoms with Crippen LogP contribution in [0.3, 0.4) is 0 Å². The first-order valence-corrected chi connectivity index (χ1v) is 11.3. The van der Waals surface area contributed by atoms with Gasteiger partial charge in [0.2, 0.25) is 0 Å². The van der Waals surface area contributed by atoms with Crippen LogP contribution in [0.2, 0.25) is 6.04 Å². The second kappa shape index (κ2) is 9.32. The average Bonchev–Trinajstić information content (AvgIpc) is 2.67. The van der Waals surface area contributed by atoms with Gasteiger partial charge < -0.3 is 19.1 Å². The normalized spacial score (nSPS) is 15.9. The minimum atomic E-state index is -3.46. The molecule has 2 aromatic rings. The van der Waals surface area contributed by atoms with Crippen LogP contribution in [-0.2, 0) is 16.1 Å². The lowest BCUT2D eigenvalue weighted by Crippen LogP contribution is -2.60. The van der Waals surface area contributed by atoms with E-state index in [2.05, 4.69) is 6.92 Å². The second-order valence-electron chi connectivity index (χ2n) is 6.57. The average molecular weight is 375 g/mol. The number of hydrogen-bond donors (Lipinski definition) is 2. The summed E-state index contributed by atoms with van der Waals surface area (Å²) in [5, 5.41) is 10.4. The molecular formula is C21H30O4Si. The summed E-state index contributed by atoms with van der Waals surface area (Å²) in [5.74, 6) is 0.714. The highest BCUT2D eigenvalue weighted by Gasteiger charge is 2.55. The molecule has 0 saturated heterocycles. The third-order valence-electron chi connectivity index (χ3n) is 4.77. The number of hydrogen-bond acceptors (Lipinski definition) is 4. The zero-order valence-electron chi connectivity index (χ0n) is 15.9. The van der Waals surface area contributed by atoms with Gasteiger partial charge in [0.05, 0.1) is 7.11 Å². The predicted octanol–water partition coefficient (Wildman–Crippen LogP) is 3.94. The van der Waals surface area contributed by atoms with Gasteiger partial charge in [0, 0.05) is 13.0 Å². The molecule has 0 aliphatic heterocycles. The van der Waals surface area contributed by atoms with E-state index in [-0.39, 0.29) is 0 Å². The predicted molar refractivity (Wildman–Crippen MR) is 106 cm³/mol. The maximum atomic E-state index is 11.8. The summed E-state index contributed by atoms with van der Waals surface area (Å²) in [6, 6.07) is 17.5. The van der Waals surface area contributed by atoms with Gasteiger partial charge in [-0.2, -0.15) is 0 Å². The first-order chi connectivity index (χ1) is 12.5. The van der Waals surface area contributed by atoms with Gasteiger partial charge in [0.25, 0.3) is 0 Å². The van der Waals surface area contributed by atoms with Gasteiger partial charge in [-0.1, -0.05) is 62.2 Å². The third-order valence-corrected chi connectivity index (χ3v) is 8.32. The summed E-state index contributed by atoms with van der Waals surface area (Å²) in [6.07, 6.45) is 2.06. The number of ether oxygens (including phenoxy) is 1. The van der Waals surface area contributed by atoms with E-state index in [0.717, 1.165) is 18.4 Å². The second-order valence-corrected chi connectivity index (χ2v) is 9.76. The van der Waals surface area contributed by atoms with Gasteiger partial charge in [-0.25, -0.2) is 0 Å². The van der Waals surface area contributed by atoms with Crippen molar-refractivity contribution in [2.75, 3.05) is 13.7 Å². The van der Waals surface area contributed by atoms with Gasteiger partial charge in [0.15, 0.2) is 0 Å². The van der Waals surface area contributed by atoms with Crippen molar-refractivity contribution in [3.8, 4) is 5.75 Å². The lowest BCUT2D eigenvalue weighted by molar-refractivity contribution is 0.0481. The van der Waals surface area contributed by atoms with Gasteiger partial charge in [-0.15, -0.1) is 0 Å². The smallest absolute Gasteiger partial charge is 0.373 e. The molecule has 0 amide bonds. The molecule has 0 radical (unpaired) electrons. The Morgan fingerprint density at radius 1 is 1.00 bits per heavy atom. The Kier molecular flexibility index (Phi) is 7.40. The van der Waals surface area contributed by atoms with Crippen molar-refractivity contribution >= 4 is 8.56 Å². The monoisotopic (exact) mass is 374 g/mol. The molecule has 0 bridgehead atoms. The lowest BCUT2D eigenvalue weighted by Gasteiger charge is -2.41. The molecule has 0 heterocycles. The molecule has 142 valence electrons. The third kappa shape index (κ3) is 4.54. The zero-order chi connectivity index (χ0) is 19.0. The fourth-order valence-electron chi connectivity index (χ4n) is 3.28. The van der Waals surface area contributed by atoms with Crippen LogP contribution in [0, 0.1) is 0 Å². The van der Waals surface area contributed by atoms with Crippen molar-refractivity contribution < 1.29 is 19.1 Å². The van der Waals surface area contributed by atoms with E-state index in [1.165, 1.54) is 0 Å². The van der Waals surface area contributed by atoms with E-state index < -0.39 is 13.8 Å². The standard InChI is InChI=1S/C21H30O4Si/c1-4-6-16-26(23,25-5-2)21(22,17-18-10-8-7-9-11-18)19-12-14-20(24-3)15-13-19/h7-15,22-23H,4-6,16-17H2,1-3H3. The Morgan fingerprint density at radius 3 is 2.19 bits per heavy atom. The summed E-state index contributed by atoms with van der Waals surface area (Å²) in [6.45, 7) is 4.31. The first-order valence-electron chi connectivity index (χ1n) is 9.26. The van der Waals surface area contributed by atoms with Crippen LogP contribution in [0.1, 0.15) is 37.8 Å². The molecule has 26 heavy (non-hydrogen) atoms. The van der Waals surface area contributed by atoms with Crippen molar-refractivity contribution in [3.05, 3.63) is 65.7 Å². The van der Waals surface area contributed by atoms with Crippen LogP contribution in [-0.4, -0.2) is 32.2 Å². The molecular weight excluding hydrogens is 344 g/mol. The Hall–Kier alpha value is -1.66. The largest absolute Gasteiger partial charge is 0.497 e. The Balaban J connectivity index is 2.50. The van der Waals surface area contributed by atoms with E-state index in [1.54, 1.807) is 7.11 Å². The molecule has 2 rings (SSSR count). The molecule has 4 nitrogen and oxygen atoms in total. The fourth-order valence-corrected chi connectivity index (χ4v) is 6.48. The molecule has 0 spiro atoms. The molecule has 0 aliphatic carbocycles. The number of unbranched alkanes of at least 4 members (excludes halogenated alkanes) is 1. The number of aliphatic hydroxyl groups is 1. The van der Waals surface area contributed by atoms with Gasteiger partial charge in [-0.05, 0) is 36.2 Å². The van der Waals surface area contributed by atoms with Gasteiger partial charge in [-0.3, -0.25) is 0 Å². The van der Waals surface area contributed by atoms with E-state index in [0.29, 0.717) is 30.4 Å². The molecule has 2 N–H and O–H groups in total. The minimum absolute atomic E-state index is 0.312. The quantitative estimate of drug-likeness (QED) is 0.619. The van der Waals surface area contributed by atoms with Crippen LogP contribution < -0.4 is 4.74 Å². The molecule has 2 atom stereocenters. The SMILES string of the molecule is CCCC[Si](O)(OCC)C(O)(Cc1ccccc1)c1ccc(OC)cc1. The van der Waals surface area contributed by atoms with E-state index in [4.69, 9.17) is 9.16 Å². The molecule has 2 unspecified atom stereocenters. The van der Waals surface area contributed by atoms with Crippen molar-refractivity contribution in [1.29, 1.82) is 0 Å². The topological polar surface area (TPSA) is 58.9 Å². The van der Waals surface area contributed by atoms with Crippen molar-refractivity contribution in [1.82, 2.24) is 0 Å². The molecule has 2 aromatic carbocycles. The van der Waals surface area contributed by atoms with Crippen LogP contribution in [0.25, 0.3) is 0 Å². The first kappa shape index (κ1) is 20.6. The minimum Gasteiger partial charge on any atom is -0.497 e. The summed E-state index contributed by atoms with van der Waals surface area (Å²) < 4.78 is 11.1. The van der Waals surface area contributed by atoms with Crippen LogP contribution >= 0.6 is 0 Å². The lowest BCUT2D eigenvalue weighted by atomic mass is 10.0. The Labute approximate surface area is 157 Å². The number of benzene rings is 2. The fraction of sp³-hybridized carbons (Fsp3) is 0.429. The Morgan fingerprint density at radius 2 is 1.65 bits per heavy atom. The molecule has 5 heteroatoms. The summed E-state index contributed by atoms with van der Waals surface area (Å²) >= 11 is 0. The van der Waals surface area contributed by atoms with Crippen molar-refractivity contribution in [2.24, 2.45) is 0 Å². The van der Waals surface area contributed by atoms with Gasteiger partial charge >= 0.3 is 8.56 Å². The van der Waals surface area contributed by atoms with Crippen molar-refractivity contribution in [2.45, 2.75) is 44.4 Å². The molecule has 0 fully saturated rings. The van der Waals surface area contributed by atoms with E-state index in [9.17, 15) is 9.90 Å². The van der Waals surface area contributed by atoms with E-state index in [1.807, 2.05) is 61.5 Å². The van der Waals surface area contributed by atoms with Crippen LogP contribution in [0.15, 0.2) is 54.6 Å². The highest BCUT2D eigenvalue weighted by atomic mass is 28.4. The zero-order valence-corrected chi connectivity index (χ0v) is 16.9. The number of rotatable bonds is 10. The van der Waals surface area contributed by atoms with Crippen LogP contribution in [0.5, 0.6) is 5.75 Å². The van der Waals surface area contributed by atoms with Crippen LogP contribution in [0.4, 0.5) is 0 Å². The summed E-state index contributed by atoms with van der Waals surface area (Å²) in [5.41, 5.74) is 1.63. The highest BCUT2D eigenvalue weighted by molar-refractivity contribution is 6.68. The van der Waals surface area contributed by atoms with Crippen molar-refractivity contribution in [3.63, 3.8) is 0 Å². The Bertz CT molecular complexity index is 661. The summed E-state index contributed by atoms with van der Waals surface area (Å²) in [4.78, 5) is 11.5. The molecule has 0 saturated carbocycles. The maximum Gasteiger partial charge on any atom is 0.373 e. The number of methoxy groups -OCH3 is 1.